The molecule has 1 aliphatic carbocycles. The average molecular weight is 302 g/mol. The maximum absolute atomic E-state index is 12.0. The molecule has 0 amide bonds. The molecule has 3 rings (SSSR count). The van der Waals surface area contributed by atoms with Crippen LogP contribution in [0.4, 0.5) is 0 Å². The molecule has 0 aromatic heterocycles. The topological polar surface area (TPSA) is 72.8 Å². The molecule has 5 nitrogen and oxygen atoms in total. The smallest absolute Gasteiger partial charge is 0.334 e. The fourth-order valence-electron chi connectivity index (χ4n) is 4.09. The number of ether oxygens (including phenoxy) is 2. The summed E-state index contributed by atoms with van der Waals surface area (Å²) in [6.07, 6.45) is 1.34. The third-order valence-electron chi connectivity index (χ3n) is 5.16. The predicted octanol–water partition coefficient (Wildman–Crippen LogP) is 1.30. The minimum absolute atomic E-state index is 0.177. The number of cyclic esters (lactones) is 1. The zero-order valence-electron chi connectivity index (χ0n) is 12.2. The summed E-state index contributed by atoms with van der Waals surface area (Å²) in [5.74, 6) is -2.24. The quantitative estimate of drug-likeness (QED) is 0.473. The van der Waals surface area contributed by atoms with Crippen molar-refractivity contribution in [2.24, 2.45) is 17.3 Å². The molecule has 3 aliphatic rings. The second-order valence-electron chi connectivity index (χ2n) is 6.07. The number of aliphatic hydroxyl groups is 1. The first-order valence-corrected chi connectivity index (χ1v) is 7.11. The number of hydrogen-bond acceptors (Lipinski definition) is 5. The van der Waals surface area contributed by atoms with Crippen LogP contribution in [-0.2, 0) is 19.1 Å². The van der Waals surface area contributed by atoms with Crippen molar-refractivity contribution in [3.8, 4) is 0 Å². The van der Waals surface area contributed by atoms with Gasteiger partial charge in [-0.05, 0) is 6.42 Å². The molecule has 0 bridgehead atoms. The first-order chi connectivity index (χ1) is 10.4. The van der Waals surface area contributed by atoms with Gasteiger partial charge in [-0.25, -0.2) is 9.59 Å². The van der Waals surface area contributed by atoms with E-state index in [1.807, 2.05) is 0 Å². The van der Waals surface area contributed by atoms with Gasteiger partial charge in [0.25, 0.3) is 0 Å². The van der Waals surface area contributed by atoms with Gasteiger partial charge in [0.15, 0.2) is 0 Å². The van der Waals surface area contributed by atoms with Crippen molar-refractivity contribution < 1.29 is 24.2 Å². The van der Waals surface area contributed by atoms with Crippen LogP contribution in [0.5, 0.6) is 0 Å². The summed E-state index contributed by atoms with van der Waals surface area (Å²) in [5.41, 5.74) is -0.383. The second kappa shape index (κ2) is 4.68. The Kier molecular flexibility index (Phi) is 3.14. The van der Waals surface area contributed by atoms with Gasteiger partial charge < -0.3 is 14.6 Å². The van der Waals surface area contributed by atoms with Crippen molar-refractivity contribution in [3.05, 3.63) is 49.6 Å². The van der Waals surface area contributed by atoms with Crippen LogP contribution in [0.3, 0.4) is 0 Å². The summed E-state index contributed by atoms with van der Waals surface area (Å²) in [5, 5.41) is 10.8. The number of aliphatic hydroxyl groups excluding tert-OH is 1. The van der Waals surface area contributed by atoms with Crippen LogP contribution in [0.15, 0.2) is 49.6 Å². The van der Waals surface area contributed by atoms with Gasteiger partial charge in [-0.2, -0.15) is 0 Å². The summed E-state index contributed by atoms with van der Waals surface area (Å²) >= 11 is 0. The van der Waals surface area contributed by atoms with E-state index in [0.717, 1.165) is 0 Å². The monoisotopic (exact) mass is 302 g/mol. The van der Waals surface area contributed by atoms with Gasteiger partial charge in [0.05, 0.1) is 12.0 Å². The second-order valence-corrected chi connectivity index (χ2v) is 6.07. The highest BCUT2D eigenvalue weighted by Crippen LogP contribution is 2.56. The Balaban J connectivity index is 2.13. The summed E-state index contributed by atoms with van der Waals surface area (Å²) < 4.78 is 10.7. The van der Waals surface area contributed by atoms with E-state index < -0.39 is 47.5 Å². The van der Waals surface area contributed by atoms with E-state index in [9.17, 15) is 14.7 Å². The lowest BCUT2D eigenvalue weighted by molar-refractivity contribution is -0.175. The molecule has 0 aromatic rings. The summed E-state index contributed by atoms with van der Waals surface area (Å²) in [7, 11) is 0. The van der Waals surface area contributed by atoms with Crippen LogP contribution >= 0.6 is 0 Å². The van der Waals surface area contributed by atoms with E-state index >= 15 is 0 Å². The fourth-order valence-corrected chi connectivity index (χ4v) is 4.09. The Hall–Kier alpha value is -2.14. The Morgan fingerprint density at radius 2 is 1.77 bits per heavy atom. The van der Waals surface area contributed by atoms with Gasteiger partial charge in [-0.15, -0.1) is 6.58 Å². The molecule has 1 N–H and O–H groups in total. The van der Waals surface area contributed by atoms with Crippen LogP contribution in [0, 0.1) is 17.3 Å². The van der Waals surface area contributed by atoms with E-state index in [-0.39, 0.29) is 11.1 Å². The van der Waals surface area contributed by atoms with Crippen molar-refractivity contribution in [2.45, 2.75) is 24.7 Å². The molecule has 1 saturated carbocycles. The predicted molar refractivity (Wildman–Crippen MR) is 78.5 cm³/mol. The Morgan fingerprint density at radius 3 is 2.36 bits per heavy atom. The summed E-state index contributed by atoms with van der Waals surface area (Å²) in [4.78, 5) is 23.8. The molecule has 2 heterocycles. The Morgan fingerprint density at radius 1 is 1.14 bits per heavy atom. The largest absolute Gasteiger partial charge is 0.458 e. The molecule has 3 fully saturated rings. The average Bonchev–Trinajstić information content (AvgIpc) is 2.77. The van der Waals surface area contributed by atoms with Gasteiger partial charge in [0.2, 0.25) is 0 Å². The number of fused-ring (bicyclic) bond motifs is 2. The minimum Gasteiger partial charge on any atom is -0.458 e. The zero-order valence-corrected chi connectivity index (χ0v) is 12.2. The standard InChI is InChI=1S/C17H18O5/c1-5-11-17(6-2)7-10-12(8(3)15(19)21-10)14(18)13(17)9(4)16(20)22-11/h5-6,10-14,18H,1-4,7H2/t10-,11+,12-,13+,14-,17+/m1/s1. The lowest BCUT2D eigenvalue weighted by Crippen LogP contribution is -2.60. The molecule has 116 valence electrons. The number of carbonyl (C=O) groups is 2. The molecule has 0 aromatic carbocycles. The first kappa shape index (κ1) is 14.8. The van der Waals surface area contributed by atoms with Gasteiger partial charge in [-0.1, -0.05) is 31.9 Å². The maximum atomic E-state index is 12.0. The Labute approximate surface area is 128 Å². The van der Waals surface area contributed by atoms with Crippen LogP contribution in [0.25, 0.3) is 0 Å². The van der Waals surface area contributed by atoms with E-state index in [1.165, 1.54) is 6.08 Å². The van der Waals surface area contributed by atoms with Crippen LogP contribution in [-0.4, -0.2) is 35.4 Å². The molecular formula is C17H18O5. The van der Waals surface area contributed by atoms with E-state index in [1.54, 1.807) is 6.08 Å². The summed E-state index contributed by atoms with van der Waals surface area (Å²) in [6, 6.07) is 0. The first-order valence-electron chi connectivity index (χ1n) is 7.11. The Bertz CT molecular complexity index is 619. The fraction of sp³-hybridized carbons (Fsp3) is 0.412. The van der Waals surface area contributed by atoms with Crippen molar-refractivity contribution >= 4 is 11.9 Å². The normalized spacial score (nSPS) is 43.8. The van der Waals surface area contributed by atoms with Crippen molar-refractivity contribution in [3.63, 3.8) is 0 Å². The number of esters is 2. The minimum atomic E-state index is -1.02. The maximum Gasteiger partial charge on any atom is 0.334 e. The van der Waals surface area contributed by atoms with Gasteiger partial charge in [-0.3, -0.25) is 0 Å². The van der Waals surface area contributed by atoms with E-state index in [0.29, 0.717) is 6.42 Å². The highest BCUT2D eigenvalue weighted by Gasteiger charge is 2.63. The van der Waals surface area contributed by atoms with Crippen molar-refractivity contribution in [1.82, 2.24) is 0 Å². The summed E-state index contributed by atoms with van der Waals surface area (Å²) in [6.45, 7) is 15.0. The lowest BCUT2D eigenvalue weighted by atomic mass is 9.55. The molecule has 22 heavy (non-hydrogen) atoms. The highest BCUT2D eigenvalue weighted by atomic mass is 16.6. The number of hydrogen-bond donors (Lipinski definition) is 1. The highest BCUT2D eigenvalue weighted by molar-refractivity contribution is 5.92. The molecule has 0 radical (unpaired) electrons. The number of rotatable bonds is 2. The SMILES string of the molecule is C=C[C@@H]1OC(=O)C(=C)[C@H]2[C@H](O)[C@@H]3C(=C)C(=O)O[C@@H]3C[C@@]12C=C. The van der Waals surface area contributed by atoms with E-state index in [2.05, 4.69) is 26.3 Å². The molecule has 5 heteroatoms. The van der Waals surface area contributed by atoms with Crippen LogP contribution in [0.1, 0.15) is 6.42 Å². The van der Waals surface area contributed by atoms with Gasteiger partial charge in [0, 0.05) is 22.5 Å². The third kappa shape index (κ3) is 1.63. The molecule has 0 spiro atoms. The van der Waals surface area contributed by atoms with Gasteiger partial charge in [0.1, 0.15) is 12.2 Å². The van der Waals surface area contributed by atoms with Crippen molar-refractivity contribution in [1.29, 1.82) is 0 Å². The molecule has 0 unspecified atom stereocenters. The molecule has 2 aliphatic heterocycles. The molecular weight excluding hydrogens is 284 g/mol. The van der Waals surface area contributed by atoms with Crippen LogP contribution < -0.4 is 0 Å². The lowest BCUT2D eigenvalue weighted by Gasteiger charge is -2.53. The zero-order chi connectivity index (χ0) is 16.2. The van der Waals surface area contributed by atoms with Crippen molar-refractivity contribution in [2.75, 3.05) is 0 Å². The van der Waals surface area contributed by atoms with Crippen LogP contribution in [0.2, 0.25) is 0 Å². The third-order valence-corrected chi connectivity index (χ3v) is 5.16. The number of carbonyl (C=O) groups excluding carboxylic acids is 2. The molecule has 6 atom stereocenters. The van der Waals surface area contributed by atoms with E-state index in [4.69, 9.17) is 9.47 Å². The van der Waals surface area contributed by atoms with Gasteiger partial charge >= 0.3 is 11.9 Å². The molecule has 2 saturated heterocycles.